The Morgan fingerprint density at radius 3 is 3.00 bits per heavy atom. The molecule has 0 saturated carbocycles. The minimum atomic E-state index is -0.0396. The number of rotatable bonds is 6. The number of aromatic nitrogens is 2. The van der Waals surface area contributed by atoms with Crippen molar-refractivity contribution in [3.05, 3.63) is 42.0 Å². The van der Waals surface area contributed by atoms with Gasteiger partial charge < -0.3 is 5.32 Å². The van der Waals surface area contributed by atoms with E-state index in [1.54, 1.807) is 11.6 Å². The summed E-state index contributed by atoms with van der Waals surface area (Å²) in [6.07, 6.45) is 8.62. The third-order valence-corrected chi connectivity index (χ3v) is 2.59. The van der Waals surface area contributed by atoms with Gasteiger partial charge in [0.2, 0.25) is 11.0 Å². The number of nitrogens with one attached hydrogen (secondary N) is 1. The van der Waals surface area contributed by atoms with Crippen LogP contribution in [-0.2, 0) is 4.79 Å². The number of amides is 1. The summed E-state index contributed by atoms with van der Waals surface area (Å²) >= 11 is 1.31. The first-order chi connectivity index (χ1) is 8.22. The van der Waals surface area contributed by atoms with Crippen molar-refractivity contribution < 1.29 is 4.79 Å². The van der Waals surface area contributed by atoms with Gasteiger partial charge in [-0.25, -0.2) is 0 Å². The van der Waals surface area contributed by atoms with Crippen molar-refractivity contribution in [2.75, 3.05) is 5.32 Å². The van der Waals surface area contributed by atoms with Crippen LogP contribution in [0, 0.1) is 0 Å². The molecule has 1 heterocycles. The molecule has 0 fully saturated rings. The van der Waals surface area contributed by atoms with Gasteiger partial charge in [0.25, 0.3) is 0 Å². The molecule has 1 aromatic heterocycles. The fourth-order valence-electron chi connectivity index (χ4n) is 1.10. The Balaban J connectivity index is 2.30. The quantitative estimate of drug-likeness (QED) is 0.789. The third-order valence-electron chi connectivity index (χ3n) is 1.98. The Morgan fingerprint density at radius 1 is 1.53 bits per heavy atom. The molecule has 0 radical (unpaired) electrons. The van der Waals surface area contributed by atoms with E-state index in [0.717, 1.165) is 12.0 Å². The second-order valence-corrected chi connectivity index (χ2v) is 4.26. The molecule has 0 unspecified atom stereocenters. The molecule has 0 spiro atoms. The standard InChI is InChI=1S/C12H15N3OS/c1-3-4-5-6-10(2)7-8-11(16)14-12-15-13-9-17-12/h3-6,9H,1,7-8H2,2H3,(H,14,15,16)/b5-4-,10-6+. The highest BCUT2D eigenvalue weighted by atomic mass is 32.1. The van der Waals surface area contributed by atoms with Gasteiger partial charge in [-0.1, -0.05) is 47.8 Å². The fourth-order valence-corrected chi connectivity index (χ4v) is 1.56. The molecule has 5 heteroatoms. The van der Waals surface area contributed by atoms with Crippen LogP contribution in [0.15, 0.2) is 42.0 Å². The van der Waals surface area contributed by atoms with Gasteiger partial charge in [-0.05, 0) is 13.3 Å². The van der Waals surface area contributed by atoms with Gasteiger partial charge in [0.05, 0.1) is 0 Å². The lowest BCUT2D eigenvalue weighted by Gasteiger charge is -2.01. The summed E-state index contributed by atoms with van der Waals surface area (Å²) in [6, 6.07) is 0. The summed E-state index contributed by atoms with van der Waals surface area (Å²) in [5, 5.41) is 10.6. The molecule has 0 aliphatic carbocycles. The Labute approximate surface area is 105 Å². The van der Waals surface area contributed by atoms with Crippen LogP contribution in [0.4, 0.5) is 5.13 Å². The molecule has 0 aromatic carbocycles. The first kappa shape index (κ1) is 13.3. The molecule has 0 atom stereocenters. The van der Waals surface area contributed by atoms with Crippen LogP contribution in [0.25, 0.3) is 0 Å². The topological polar surface area (TPSA) is 54.9 Å². The van der Waals surface area contributed by atoms with E-state index in [4.69, 9.17) is 0 Å². The highest BCUT2D eigenvalue weighted by Crippen LogP contribution is 2.10. The molecular formula is C12H15N3OS. The van der Waals surface area contributed by atoms with Gasteiger partial charge in [0, 0.05) is 6.42 Å². The maximum Gasteiger partial charge on any atom is 0.226 e. The zero-order valence-corrected chi connectivity index (χ0v) is 10.5. The van der Waals surface area contributed by atoms with Crippen molar-refractivity contribution in [3.8, 4) is 0 Å². The Hall–Kier alpha value is -1.75. The smallest absolute Gasteiger partial charge is 0.226 e. The second-order valence-electron chi connectivity index (χ2n) is 3.43. The predicted molar refractivity (Wildman–Crippen MR) is 70.9 cm³/mol. The van der Waals surface area contributed by atoms with Gasteiger partial charge in [-0.15, -0.1) is 10.2 Å². The summed E-state index contributed by atoms with van der Waals surface area (Å²) in [6.45, 7) is 5.57. The molecule has 4 nitrogen and oxygen atoms in total. The zero-order valence-electron chi connectivity index (χ0n) is 9.72. The van der Waals surface area contributed by atoms with Gasteiger partial charge in [-0.2, -0.15) is 0 Å². The number of carbonyl (C=O) groups is 1. The monoisotopic (exact) mass is 249 g/mol. The summed E-state index contributed by atoms with van der Waals surface area (Å²) in [7, 11) is 0. The van der Waals surface area contributed by atoms with Crippen LogP contribution in [-0.4, -0.2) is 16.1 Å². The van der Waals surface area contributed by atoms with E-state index in [1.165, 1.54) is 11.3 Å². The van der Waals surface area contributed by atoms with E-state index in [9.17, 15) is 4.79 Å². The van der Waals surface area contributed by atoms with E-state index in [0.29, 0.717) is 11.6 Å². The summed E-state index contributed by atoms with van der Waals surface area (Å²) in [5.74, 6) is -0.0396. The largest absolute Gasteiger partial charge is 0.301 e. The number of carbonyl (C=O) groups excluding carboxylic acids is 1. The molecule has 0 bridgehead atoms. The van der Waals surface area contributed by atoms with Gasteiger partial charge in [0.1, 0.15) is 5.51 Å². The van der Waals surface area contributed by atoms with Crippen molar-refractivity contribution >= 4 is 22.4 Å². The van der Waals surface area contributed by atoms with Crippen LogP contribution < -0.4 is 5.32 Å². The van der Waals surface area contributed by atoms with E-state index >= 15 is 0 Å². The average molecular weight is 249 g/mol. The van der Waals surface area contributed by atoms with Crippen LogP contribution in [0.5, 0.6) is 0 Å². The van der Waals surface area contributed by atoms with Gasteiger partial charge >= 0.3 is 0 Å². The first-order valence-electron chi connectivity index (χ1n) is 5.23. The van der Waals surface area contributed by atoms with E-state index in [1.807, 2.05) is 25.2 Å². The van der Waals surface area contributed by atoms with E-state index < -0.39 is 0 Å². The molecule has 1 aromatic rings. The lowest BCUT2D eigenvalue weighted by Crippen LogP contribution is -2.10. The lowest BCUT2D eigenvalue weighted by molar-refractivity contribution is -0.116. The third kappa shape index (κ3) is 5.77. The van der Waals surface area contributed by atoms with E-state index in [2.05, 4.69) is 22.1 Å². The average Bonchev–Trinajstić information content (AvgIpc) is 2.79. The highest BCUT2D eigenvalue weighted by Gasteiger charge is 2.04. The highest BCUT2D eigenvalue weighted by molar-refractivity contribution is 7.13. The van der Waals surface area contributed by atoms with Crippen LogP contribution in [0.3, 0.4) is 0 Å². The molecule has 0 saturated heterocycles. The Bertz CT molecular complexity index is 421. The minimum Gasteiger partial charge on any atom is -0.301 e. The van der Waals surface area contributed by atoms with Crippen molar-refractivity contribution in [3.63, 3.8) is 0 Å². The molecule has 1 rings (SSSR count). The van der Waals surface area contributed by atoms with Crippen molar-refractivity contribution in [2.45, 2.75) is 19.8 Å². The molecule has 1 N–H and O–H groups in total. The number of nitrogens with zero attached hydrogens (tertiary/aromatic N) is 2. The molecular weight excluding hydrogens is 234 g/mol. The van der Waals surface area contributed by atoms with Crippen LogP contribution in [0.2, 0.25) is 0 Å². The predicted octanol–water partition coefficient (Wildman–Crippen LogP) is 2.95. The molecule has 0 aliphatic heterocycles. The normalized spacial score (nSPS) is 11.7. The van der Waals surface area contributed by atoms with Gasteiger partial charge in [0.15, 0.2) is 0 Å². The van der Waals surface area contributed by atoms with Crippen molar-refractivity contribution in [1.29, 1.82) is 0 Å². The van der Waals surface area contributed by atoms with Crippen LogP contribution in [0.1, 0.15) is 19.8 Å². The summed E-state index contributed by atoms with van der Waals surface area (Å²) < 4.78 is 0. The number of hydrogen-bond acceptors (Lipinski definition) is 4. The molecule has 17 heavy (non-hydrogen) atoms. The Morgan fingerprint density at radius 2 is 2.35 bits per heavy atom. The lowest BCUT2D eigenvalue weighted by atomic mass is 10.1. The molecule has 90 valence electrons. The second kappa shape index (κ2) is 7.51. The van der Waals surface area contributed by atoms with Crippen LogP contribution >= 0.6 is 11.3 Å². The summed E-state index contributed by atoms with van der Waals surface area (Å²) in [5.41, 5.74) is 2.73. The maximum absolute atomic E-state index is 11.5. The number of hydrogen-bond donors (Lipinski definition) is 1. The zero-order chi connectivity index (χ0) is 12.5. The Kier molecular flexibility index (Phi) is 5.88. The van der Waals surface area contributed by atoms with E-state index in [-0.39, 0.29) is 5.91 Å². The SMILES string of the molecule is C=C/C=C\C=C(/C)CCC(=O)Nc1nncs1. The number of anilines is 1. The van der Waals surface area contributed by atoms with Crippen molar-refractivity contribution in [1.82, 2.24) is 10.2 Å². The molecule has 0 aliphatic rings. The van der Waals surface area contributed by atoms with Gasteiger partial charge in [-0.3, -0.25) is 4.79 Å². The summed E-state index contributed by atoms with van der Waals surface area (Å²) in [4.78, 5) is 11.5. The maximum atomic E-state index is 11.5. The molecule has 1 amide bonds. The fraction of sp³-hybridized carbons (Fsp3) is 0.250. The minimum absolute atomic E-state index is 0.0396. The van der Waals surface area contributed by atoms with Crippen molar-refractivity contribution in [2.24, 2.45) is 0 Å². The number of allylic oxidation sites excluding steroid dienone is 5. The first-order valence-corrected chi connectivity index (χ1v) is 6.11.